The summed E-state index contributed by atoms with van der Waals surface area (Å²) in [5.41, 5.74) is 2.37. The van der Waals surface area contributed by atoms with Crippen molar-refractivity contribution in [1.29, 1.82) is 0 Å². The van der Waals surface area contributed by atoms with Gasteiger partial charge in [-0.2, -0.15) is 4.98 Å². The lowest BCUT2D eigenvalue weighted by molar-refractivity contribution is -0.116. The molecule has 2 amide bonds. The largest absolute Gasteiger partial charge is 0.341 e. The quantitative estimate of drug-likeness (QED) is 0.391. The minimum Gasteiger partial charge on any atom is -0.341 e. The average molecular weight is 479 g/mol. The van der Waals surface area contributed by atoms with E-state index in [1.165, 1.54) is 24.4 Å². The van der Waals surface area contributed by atoms with Gasteiger partial charge in [0.05, 0.1) is 24.0 Å². The van der Waals surface area contributed by atoms with Crippen molar-refractivity contribution in [3.8, 4) is 12.3 Å². The molecular weight excluding hydrogens is 459 g/mol. The highest BCUT2D eigenvalue weighted by Gasteiger charge is 2.18. The smallest absolute Gasteiger partial charge is 0.254 e. The molecule has 0 bridgehead atoms. The number of aromatic nitrogens is 2. The van der Waals surface area contributed by atoms with Gasteiger partial charge in [0.1, 0.15) is 10.8 Å². The molecule has 34 heavy (non-hydrogen) atoms. The van der Waals surface area contributed by atoms with Crippen molar-refractivity contribution in [2.45, 2.75) is 19.3 Å². The molecule has 2 aromatic carbocycles. The number of carbonyl (C=O) groups excluding carboxylic acids is 2. The van der Waals surface area contributed by atoms with E-state index in [9.17, 15) is 14.0 Å². The molecular formula is C24H20ClFN6O2. The third kappa shape index (κ3) is 5.24. The van der Waals surface area contributed by atoms with Crippen LogP contribution in [0, 0.1) is 18.2 Å². The molecule has 4 rings (SSSR count). The van der Waals surface area contributed by atoms with Crippen LogP contribution in [-0.4, -0.2) is 28.3 Å². The molecule has 0 aliphatic carbocycles. The van der Waals surface area contributed by atoms with Crippen molar-refractivity contribution in [3.05, 3.63) is 64.6 Å². The number of fused-ring (bicyclic) bond motifs is 1. The standard InChI is InChI=1S/C24H20ClFN6O2/c1-2-11-27-23(34)16-6-4-7-18(26)21(16)31-22-17(25)13-28-24(32-22)29-15-10-9-14-5-3-8-20(33)30-19(14)12-15/h1,4,6-7,9-10,12-13H,3,5,8,11H2,(H,27,34)(H,30,33)(H2,28,29,31,32). The van der Waals surface area contributed by atoms with Gasteiger partial charge in [0.25, 0.3) is 5.91 Å². The van der Waals surface area contributed by atoms with Crippen LogP contribution in [0.25, 0.3) is 0 Å². The van der Waals surface area contributed by atoms with Gasteiger partial charge in [-0.3, -0.25) is 9.59 Å². The summed E-state index contributed by atoms with van der Waals surface area (Å²) >= 11 is 6.23. The van der Waals surface area contributed by atoms with Gasteiger partial charge in [-0.25, -0.2) is 9.37 Å². The lowest BCUT2D eigenvalue weighted by Crippen LogP contribution is -2.24. The Labute approximate surface area is 200 Å². The van der Waals surface area contributed by atoms with Gasteiger partial charge in [-0.1, -0.05) is 29.7 Å². The molecule has 172 valence electrons. The van der Waals surface area contributed by atoms with E-state index >= 15 is 0 Å². The fourth-order valence-electron chi connectivity index (χ4n) is 3.47. The van der Waals surface area contributed by atoms with E-state index in [-0.39, 0.29) is 40.5 Å². The molecule has 0 fully saturated rings. The minimum atomic E-state index is -0.668. The van der Waals surface area contributed by atoms with Gasteiger partial charge in [0.15, 0.2) is 5.82 Å². The van der Waals surface area contributed by atoms with E-state index in [0.29, 0.717) is 12.1 Å². The second-order valence-corrected chi connectivity index (χ2v) is 7.87. The molecule has 0 saturated carbocycles. The molecule has 2 heterocycles. The molecule has 0 spiro atoms. The summed E-state index contributed by atoms with van der Waals surface area (Å²) in [7, 11) is 0. The first-order valence-electron chi connectivity index (χ1n) is 10.4. The molecule has 0 unspecified atom stereocenters. The third-order valence-electron chi connectivity index (χ3n) is 5.09. The lowest BCUT2D eigenvalue weighted by Gasteiger charge is -2.14. The highest BCUT2D eigenvalue weighted by Crippen LogP contribution is 2.30. The van der Waals surface area contributed by atoms with E-state index in [4.69, 9.17) is 18.0 Å². The monoisotopic (exact) mass is 478 g/mol. The zero-order valence-electron chi connectivity index (χ0n) is 17.9. The van der Waals surface area contributed by atoms with Crippen LogP contribution in [-0.2, 0) is 11.2 Å². The van der Waals surface area contributed by atoms with Crippen LogP contribution >= 0.6 is 11.6 Å². The molecule has 1 aromatic heterocycles. The zero-order valence-corrected chi connectivity index (χ0v) is 18.7. The summed E-state index contributed by atoms with van der Waals surface area (Å²) in [6.45, 7) is -0.00164. The fraction of sp³-hybridized carbons (Fsp3) is 0.167. The molecule has 10 heteroatoms. The predicted octanol–water partition coefficient (Wildman–Crippen LogP) is 4.39. The average Bonchev–Trinajstić information content (AvgIpc) is 3.00. The Bertz CT molecular complexity index is 1310. The summed E-state index contributed by atoms with van der Waals surface area (Å²) in [6.07, 6.45) is 8.61. The topological polar surface area (TPSA) is 108 Å². The normalized spacial score (nSPS) is 12.6. The third-order valence-corrected chi connectivity index (χ3v) is 5.36. The Hall–Kier alpha value is -4.16. The first-order chi connectivity index (χ1) is 16.4. The van der Waals surface area contributed by atoms with Crippen molar-refractivity contribution >= 4 is 52.2 Å². The summed E-state index contributed by atoms with van der Waals surface area (Å²) in [5, 5.41) is 11.4. The van der Waals surface area contributed by atoms with Crippen molar-refractivity contribution in [3.63, 3.8) is 0 Å². The van der Waals surface area contributed by atoms with Crippen LogP contribution in [0.2, 0.25) is 5.02 Å². The Morgan fingerprint density at radius 1 is 1.24 bits per heavy atom. The first kappa shape index (κ1) is 23.0. The number of terminal acetylenes is 1. The predicted molar refractivity (Wildman–Crippen MR) is 129 cm³/mol. The molecule has 1 aliphatic rings. The number of hydrogen-bond donors (Lipinski definition) is 4. The molecule has 0 atom stereocenters. The van der Waals surface area contributed by atoms with Gasteiger partial charge in [-0.05, 0) is 42.7 Å². The number of carbonyl (C=O) groups is 2. The maximum atomic E-state index is 14.6. The minimum absolute atomic E-state index is 0.00164. The van der Waals surface area contributed by atoms with E-state index < -0.39 is 11.7 Å². The van der Waals surface area contributed by atoms with Crippen molar-refractivity contribution < 1.29 is 14.0 Å². The van der Waals surface area contributed by atoms with Crippen molar-refractivity contribution in [2.24, 2.45) is 0 Å². The Morgan fingerprint density at radius 3 is 2.91 bits per heavy atom. The number of aryl methyl sites for hydroxylation is 1. The Kier molecular flexibility index (Phi) is 6.90. The molecule has 0 radical (unpaired) electrons. The van der Waals surface area contributed by atoms with Gasteiger partial charge >= 0.3 is 0 Å². The summed E-state index contributed by atoms with van der Waals surface area (Å²) in [5.74, 6) is 1.33. The second kappa shape index (κ2) is 10.2. The van der Waals surface area contributed by atoms with Gasteiger partial charge in [0.2, 0.25) is 11.9 Å². The van der Waals surface area contributed by atoms with Crippen LogP contribution < -0.4 is 21.3 Å². The van der Waals surface area contributed by atoms with Crippen LogP contribution in [0.1, 0.15) is 28.8 Å². The highest BCUT2D eigenvalue weighted by atomic mass is 35.5. The van der Waals surface area contributed by atoms with Crippen LogP contribution in [0.4, 0.5) is 33.2 Å². The van der Waals surface area contributed by atoms with Crippen molar-refractivity contribution in [1.82, 2.24) is 15.3 Å². The summed E-state index contributed by atoms with van der Waals surface area (Å²) < 4.78 is 14.6. The molecule has 8 nitrogen and oxygen atoms in total. The second-order valence-electron chi connectivity index (χ2n) is 7.46. The number of para-hydroxylation sites is 1. The molecule has 0 saturated heterocycles. The van der Waals surface area contributed by atoms with Crippen molar-refractivity contribution in [2.75, 3.05) is 22.5 Å². The van der Waals surface area contributed by atoms with Crippen LogP contribution in [0.15, 0.2) is 42.6 Å². The number of benzene rings is 2. The highest BCUT2D eigenvalue weighted by molar-refractivity contribution is 6.33. The number of amides is 2. The maximum absolute atomic E-state index is 14.6. The number of hydrogen-bond acceptors (Lipinski definition) is 6. The lowest BCUT2D eigenvalue weighted by atomic mass is 10.1. The van der Waals surface area contributed by atoms with E-state index in [2.05, 4.69) is 37.2 Å². The van der Waals surface area contributed by atoms with Crippen LogP contribution in [0.5, 0.6) is 0 Å². The molecule has 3 aromatic rings. The molecule has 1 aliphatic heterocycles. The first-order valence-corrected chi connectivity index (χ1v) is 10.8. The fourth-order valence-corrected chi connectivity index (χ4v) is 3.61. The number of halogens is 2. The number of nitrogens with one attached hydrogen (secondary N) is 4. The SMILES string of the molecule is C#CCNC(=O)c1cccc(F)c1Nc1nc(Nc2ccc3c(c2)NC(=O)CCC3)ncc1Cl. The number of nitrogens with zero attached hydrogens (tertiary/aromatic N) is 2. The molecule has 4 N–H and O–H groups in total. The van der Waals surface area contributed by atoms with Gasteiger partial charge in [0, 0.05) is 17.8 Å². The maximum Gasteiger partial charge on any atom is 0.254 e. The Morgan fingerprint density at radius 2 is 2.09 bits per heavy atom. The number of anilines is 5. The van der Waals surface area contributed by atoms with E-state index in [1.807, 2.05) is 12.1 Å². The summed E-state index contributed by atoms with van der Waals surface area (Å²) in [4.78, 5) is 32.8. The van der Waals surface area contributed by atoms with E-state index in [0.717, 1.165) is 24.1 Å². The Balaban J connectivity index is 1.59. The summed E-state index contributed by atoms with van der Waals surface area (Å²) in [6, 6.07) is 9.66. The van der Waals surface area contributed by atoms with Crippen LogP contribution in [0.3, 0.4) is 0 Å². The zero-order chi connectivity index (χ0) is 24.1. The van der Waals surface area contributed by atoms with E-state index in [1.54, 1.807) is 6.07 Å². The van der Waals surface area contributed by atoms with Gasteiger partial charge < -0.3 is 21.3 Å². The van der Waals surface area contributed by atoms with Gasteiger partial charge in [-0.15, -0.1) is 6.42 Å². The number of rotatable bonds is 6.